The van der Waals surface area contributed by atoms with Crippen molar-refractivity contribution in [1.82, 2.24) is 9.47 Å². The van der Waals surface area contributed by atoms with Crippen LogP contribution < -0.4 is 29.5 Å². The van der Waals surface area contributed by atoms with Gasteiger partial charge in [-0.3, -0.25) is 14.3 Å². The van der Waals surface area contributed by atoms with Crippen molar-refractivity contribution in [3.8, 4) is 0 Å². The van der Waals surface area contributed by atoms with Crippen molar-refractivity contribution < 1.29 is 28.8 Å². The molecule has 0 spiro atoms. The number of carbonyl (C=O) groups excluding carboxylic acids is 1. The van der Waals surface area contributed by atoms with E-state index < -0.39 is 12.0 Å². The number of carboxylic acid groups (broad SMARTS) is 1. The first kappa shape index (κ1) is 19.8. The van der Waals surface area contributed by atoms with E-state index in [1.54, 1.807) is 6.07 Å². The predicted molar refractivity (Wildman–Crippen MR) is 102 cm³/mol. The molecule has 28 heavy (non-hydrogen) atoms. The van der Waals surface area contributed by atoms with Crippen LogP contribution in [0.2, 0.25) is 0 Å². The summed E-state index contributed by atoms with van der Waals surface area (Å²) >= 11 is 1.50. The molecule has 0 amide bonds. The number of hydrogen-bond acceptors (Lipinski definition) is 5. The summed E-state index contributed by atoms with van der Waals surface area (Å²) in [5.74, 6) is -0.310. The van der Waals surface area contributed by atoms with Crippen LogP contribution in [0.1, 0.15) is 47.1 Å². The van der Waals surface area contributed by atoms with Gasteiger partial charge in [0.25, 0.3) is 5.56 Å². The number of aromatic nitrogens is 1. The van der Waals surface area contributed by atoms with Gasteiger partial charge in [-0.1, -0.05) is 24.3 Å². The summed E-state index contributed by atoms with van der Waals surface area (Å²) in [5, 5.41) is 12.3. The Labute approximate surface area is 180 Å². The zero-order valence-corrected chi connectivity index (χ0v) is 16.8. The molecule has 1 aromatic heterocycles. The van der Waals surface area contributed by atoms with E-state index in [1.165, 1.54) is 33.0 Å². The van der Waals surface area contributed by atoms with Gasteiger partial charge in [0, 0.05) is 31.5 Å². The zero-order chi connectivity index (χ0) is 18.5. The molecule has 7 heteroatoms. The van der Waals surface area contributed by atoms with Crippen LogP contribution in [0.3, 0.4) is 0 Å². The van der Waals surface area contributed by atoms with Crippen molar-refractivity contribution in [3.05, 3.63) is 62.9 Å². The molecule has 5 nitrogen and oxygen atoms in total. The summed E-state index contributed by atoms with van der Waals surface area (Å²) in [6.07, 6.45) is 3.27. The van der Waals surface area contributed by atoms with Crippen molar-refractivity contribution in [3.63, 3.8) is 0 Å². The van der Waals surface area contributed by atoms with E-state index in [4.69, 9.17) is 0 Å². The minimum atomic E-state index is -1.16. The molecule has 3 heterocycles. The summed E-state index contributed by atoms with van der Waals surface area (Å²) < 4.78 is 1.46. The fourth-order valence-electron chi connectivity index (χ4n) is 4.38. The standard InChI is InChI=1S/C21H22N2O3S.Li/c24-18-9-16(11-22-8-7-13-3-1-2-4-15(13)10-22)19(14-5-6-14)20-23(18)17(12-27-20)21(25)26;/h1-4,9,14,17H,5-8,10-12H2,(H,25,26);/q;+1/p-1/t17-;/m0./s1. The number of benzene rings is 1. The van der Waals surface area contributed by atoms with Crippen LogP contribution in [-0.4, -0.2) is 27.7 Å². The Kier molecular flexibility index (Phi) is 5.50. The normalized spacial score (nSPS) is 20.9. The molecular formula is C21H21LiN2O3S. The van der Waals surface area contributed by atoms with E-state index in [9.17, 15) is 14.7 Å². The summed E-state index contributed by atoms with van der Waals surface area (Å²) in [6.45, 7) is 2.63. The summed E-state index contributed by atoms with van der Waals surface area (Å²) in [6, 6.07) is 9.38. The van der Waals surface area contributed by atoms with E-state index in [-0.39, 0.29) is 24.4 Å². The van der Waals surface area contributed by atoms with Crippen LogP contribution in [-0.2, 0) is 24.3 Å². The van der Waals surface area contributed by atoms with Crippen LogP contribution in [0.4, 0.5) is 0 Å². The maximum Gasteiger partial charge on any atom is 1.00 e. The first-order chi connectivity index (χ1) is 13.1. The number of thioether (sulfide) groups is 1. The third-order valence-electron chi connectivity index (χ3n) is 5.88. The van der Waals surface area contributed by atoms with E-state index in [2.05, 4.69) is 29.2 Å². The zero-order valence-electron chi connectivity index (χ0n) is 16.0. The van der Waals surface area contributed by atoms with Crippen LogP contribution in [0.5, 0.6) is 0 Å². The molecule has 1 atom stereocenters. The van der Waals surface area contributed by atoms with Crippen LogP contribution in [0.15, 0.2) is 40.2 Å². The molecule has 2 aromatic rings. The number of pyridine rings is 1. The molecule has 0 saturated heterocycles. The fraction of sp³-hybridized carbons (Fsp3) is 0.429. The van der Waals surface area contributed by atoms with Gasteiger partial charge in [0.1, 0.15) is 0 Å². The maximum absolute atomic E-state index is 12.7. The van der Waals surface area contributed by atoms with Crippen LogP contribution >= 0.6 is 11.8 Å². The van der Waals surface area contributed by atoms with Crippen molar-refractivity contribution >= 4 is 17.7 Å². The fourth-order valence-corrected chi connectivity index (χ4v) is 5.79. The van der Waals surface area contributed by atoms with Crippen molar-refractivity contribution in [2.45, 2.75) is 49.3 Å². The van der Waals surface area contributed by atoms with Gasteiger partial charge in [-0.15, -0.1) is 11.8 Å². The smallest absolute Gasteiger partial charge is 0.548 e. The van der Waals surface area contributed by atoms with Gasteiger partial charge in [-0.25, -0.2) is 0 Å². The Morgan fingerprint density at radius 3 is 2.68 bits per heavy atom. The second kappa shape index (κ2) is 7.76. The van der Waals surface area contributed by atoms with Crippen molar-refractivity contribution in [1.29, 1.82) is 0 Å². The average Bonchev–Trinajstić information content (AvgIpc) is 3.38. The minimum absolute atomic E-state index is 0. The molecule has 0 bridgehead atoms. The van der Waals surface area contributed by atoms with Gasteiger partial charge in [0.15, 0.2) is 0 Å². The SMILES string of the molecule is O=C([O-])[C@@H]1CSc2c(C3CC3)c(CN3CCc4ccccc4C3)cc(=O)n21.[Li+]. The molecule has 1 fully saturated rings. The number of rotatable bonds is 4. The maximum atomic E-state index is 12.7. The molecule has 1 aromatic carbocycles. The van der Waals surface area contributed by atoms with Gasteiger partial charge in [-0.2, -0.15) is 0 Å². The van der Waals surface area contributed by atoms with E-state index >= 15 is 0 Å². The van der Waals surface area contributed by atoms with Crippen LogP contribution in [0.25, 0.3) is 0 Å². The summed E-state index contributed by atoms with van der Waals surface area (Å²) in [7, 11) is 0. The van der Waals surface area contributed by atoms with E-state index in [1.807, 2.05) is 0 Å². The average molecular weight is 388 g/mol. The molecule has 1 saturated carbocycles. The number of hydrogen-bond donors (Lipinski definition) is 0. The first-order valence-corrected chi connectivity index (χ1v) is 10.5. The minimum Gasteiger partial charge on any atom is -0.548 e. The Morgan fingerprint density at radius 1 is 1.21 bits per heavy atom. The van der Waals surface area contributed by atoms with Gasteiger partial charge in [0.05, 0.1) is 17.0 Å². The molecule has 0 radical (unpaired) electrons. The largest absolute Gasteiger partial charge is 1.00 e. The molecule has 2 aliphatic heterocycles. The number of aliphatic carboxylic acids is 1. The van der Waals surface area contributed by atoms with Crippen molar-refractivity contribution in [2.75, 3.05) is 12.3 Å². The molecule has 0 unspecified atom stereocenters. The first-order valence-electron chi connectivity index (χ1n) is 9.53. The van der Waals surface area contributed by atoms with Crippen molar-refractivity contribution in [2.24, 2.45) is 0 Å². The Morgan fingerprint density at radius 2 is 1.96 bits per heavy atom. The molecule has 0 N–H and O–H groups in total. The molecular weight excluding hydrogens is 367 g/mol. The molecule has 140 valence electrons. The van der Waals surface area contributed by atoms with E-state index in [0.29, 0.717) is 11.7 Å². The molecule has 5 rings (SSSR count). The third-order valence-corrected chi connectivity index (χ3v) is 7.05. The number of carbonyl (C=O) groups is 1. The van der Waals surface area contributed by atoms with Gasteiger partial charge >= 0.3 is 18.9 Å². The van der Waals surface area contributed by atoms with Gasteiger partial charge < -0.3 is 9.90 Å². The number of carboxylic acids is 1. The van der Waals surface area contributed by atoms with Gasteiger partial charge in [0.2, 0.25) is 0 Å². The quantitative estimate of drug-likeness (QED) is 0.609. The molecule has 1 aliphatic carbocycles. The second-order valence-corrected chi connectivity index (χ2v) is 8.75. The third kappa shape index (κ3) is 3.48. The summed E-state index contributed by atoms with van der Waals surface area (Å²) in [4.78, 5) is 26.6. The predicted octanol–water partition coefficient (Wildman–Crippen LogP) is -1.32. The number of nitrogens with zero attached hydrogens (tertiary/aromatic N) is 2. The Bertz CT molecular complexity index is 986. The Balaban J connectivity index is 0.00000192. The number of fused-ring (bicyclic) bond motifs is 2. The van der Waals surface area contributed by atoms with E-state index in [0.717, 1.165) is 49.5 Å². The van der Waals surface area contributed by atoms with Gasteiger partial charge in [-0.05, 0) is 47.4 Å². The topological polar surface area (TPSA) is 65.4 Å². The van der Waals surface area contributed by atoms with Crippen LogP contribution in [0, 0.1) is 0 Å². The Hall–Kier alpha value is -1.45. The summed E-state index contributed by atoms with van der Waals surface area (Å²) in [5.41, 5.74) is 4.86. The monoisotopic (exact) mass is 388 g/mol. The molecule has 3 aliphatic rings. The second-order valence-electron chi connectivity index (χ2n) is 7.75.